The van der Waals surface area contributed by atoms with E-state index in [0.717, 1.165) is 5.56 Å². The molecule has 0 radical (unpaired) electrons. The molecule has 0 saturated carbocycles. The van der Waals surface area contributed by atoms with Crippen molar-refractivity contribution in [2.24, 2.45) is 0 Å². The lowest BCUT2D eigenvalue weighted by Crippen LogP contribution is -2.41. The van der Waals surface area contributed by atoms with E-state index >= 15 is 0 Å². The number of aliphatic hydroxyl groups is 1. The van der Waals surface area contributed by atoms with Gasteiger partial charge in [-0.3, -0.25) is 4.79 Å². The third kappa shape index (κ3) is 6.40. The molecule has 2 atom stereocenters. The van der Waals surface area contributed by atoms with Crippen molar-refractivity contribution in [2.75, 3.05) is 13.2 Å². The summed E-state index contributed by atoms with van der Waals surface area (Å²) in [6.07, 6.45) is -0.713. The summed E-state index contributed by atoms with van der Waals surface area (Å²) in [6.45, 7) is 2.35. The van der Waals surface area contributed by atoms with Gasteiger partial charge in [-0.1, -0.05) is 48.5 Å². The van der Waals surface area contributed by atoms with E-state index in [1.165, 1.54) is 0 Å². The van der Waals surface area contributed by atoms with E-state index < -0.39 is 12.1 Å². The number of aliphatic hydroxyl groups excluding tert-OH is 1. The standard InChI is InChI=1S/C19H23NO4/c1-15(19(22)24-13-16-8-4-2-5-9-16)20-12-17(21)14-23-18-10-6-3-7-11-18/h2-11,15,17,20-21H,12-14H2,1H3/t15-,17?/m0/s1. The van der Waals surface area contributed by atoms with Crippen LogP contribution in [0.1, 0.15) is 12.5 Å². The van der Waals surface area contributed by atoms with Crippen molar-refractivity contribution in [1.29, 1.82) is 0 Å². The Bertz CT molecular complexity index is 603. The van der Waals surface area contributed by atoms with Crippen LogP contribution >= 0.6 is 0 Å². The summed E-state index contributed by atoms with van der Waals surface area (Å²) in [4.78, 5) is 11.9. The molecule has 0 amide bonds. The Balaban J connectivity index is 1.64. The summed E-state index contributed by atoms with van der Waals surface area (Å²) in [7, 11) is 0. The Morgan fingerprint density at radius 3 is 2.38 bits per heavy atom. The average molecular weight is 329 g/mol. The molecule has 0 aliphatic carbocycles. The predicted molar refractivity (Wildman–Crippen MR) is 91.6 cm³/mol. The summed E-state index contributed by atoms with van der Waals surface area (Å²) in [5.41, 5.74) is 0.939. The van der Waals surface area contributed by atoms with Gasteiger partial charge in [0.15, 0.2) is 0 Å². The summed E-state index contributed by atoms with van der Waals surface area (Å²) in [5, 5.41) is 12.9. The molecule has 2 aromatic rings. The molecule has 0 aliphatic rings. The Labute approximate surface area is 142 Å². The van der Waals surface area contributed by atoms with Crippen molar-refractivity contribution in [3.63, 3.8) is 0 Å². The normalized spacial score (nSPS) is 13.1. The number of hydrogen-bond acceptors (Lipinski definition) is 5. The summed E-state index contributed by atoms with van der Waals surface area (Å²) >= 11 is 0. The van der Waals surface area contributed by atoms with E-state index in [9.17, 15) is 9.90 Å². The Kier molecular flexibility index (Phi) is 7.26. The van der Waals surface area contributed by atoms with Gasteiger partial charge in [-0.05, 0) is 24.6 Å². The van der Waals surface area contributed by atoms with Crippen LogP contribution in [0.25, 0.3) is 0 Å². The molecule has 0 aliphatic heterocycles. The molecule has 5 heteroatoms. The molecule has 24 heavy (non-hydrogen) atoms. The average Bonchev–Trinajstić information content (AvgIpc) is 2.64. The summed E-state index contributed by atoms with van der Waals surface area (Å²) in [6, 6.07) is 18.3. The van der Waals surface area contributed by atoms with Gasteiger partial charge < -0.3 is 19.9 Å². The topological polar surface area (TPSA) is 67.8 Å². The molecular formula is C19H23NO4. The van der Waals surface area contributed by atoms with E-state index in [2.05, 4.69) is 5.32 Å². The molecule has 1 unspecified atom stereocenters. The second-order valence-corrected chi connectivity index (χ2v) is 5.50. The molecule has 0 spiro atoms. The van der Waals surface area contributed by atoms with Crippen molar-refractivity contribution in [1.82, 2.24) is 5.32 Å². The number of hydrogen-bond donors (Lipinski definition) is 2. The van der Waals surface area contributed by atoms with Crippen LogP contribution < -0.4 is 10.1 Å². The third-order valence-electron chi connectivity index (χ3n) is 3.42. The highest BCUT2D eigenvalue weighted by Gasteiger charge is 2.16. The molecule has 2 aromatic carbocycles. The molecule has 0 saturated heterocycles. The zero-order valence-electron chi connectivity index (χ0n) is 13.7. The minimum atomic E-state index is -0.713. The Morgan fingerprint density at radius 2 is 1.71 bits per heavy atom. The van der Waals surface area contributed by atoms with Crippen LogP contribution in [0.4, 0.5) is 0 Å². The van der Waals surface area contributed by atoms with E-state index in [0.29, 0.717) is 5.75 Å². The number of carbonyl (C=O) groups excluding carboxylic acids is 1. The molecular weight excluding hydrogens is 306 g/mol. The van der Waals surface area contributed by atoms with Crippen molar-refractivity contribution in [3.05, 3.63) is 66.2 Å². The second kappa shape index (κ2) is 9.70. The lowest BCUT2D eigenvalue weighted by atomic mass is 10.2. The fourth-order valence-electron chi connectivity index (χ4n) is 2.02. The molecule has 0 heterocycles. The lowest BCUT2D eigenvalue weighted by Gasteiger charge is -2.17. The summed E-state index contributed by atoms with van der Waals surface area (Å²) < 4.78 is 10.7. The first-order chi connectivity index (χ1) is 11.6. The third-order valence-corrected chi connectivity index (χ3v) is 3.42. The number of carbonyl (C=O) groups is 1. The van der Waals surface area contributed by atoms with Crippen molar-refractivity contribution in [2.45, 2.75) is 25.7 Å². The number of nitrogens with one attached hydrogen (secondary N) is 1. The van der Waals surface area contributed by atoms with E-state index in [1.807, 2.05) is 60.7 Å². The number of para-hydroxylation sites is 1. The van der Waals surface area contributed by atoms with Gasteiger partial charge in [-0.2, -0.15) is 0 Å². The fraction of sp³-hybridized carbons (Fsp3) is 0.316. The van der Waals surface area contributed by atoms with Gasteiger partial charge >= 0.3 is 5.97 Å². The second-order valence-electron chi connectivity index (χ2n) is 5.50. The van der Waals surface area contributed by atoms with Crippen LogP contribution in [0, 0.1) is 0 Å². The minimum Gasteiger partial charge on any atom is -0.491 e. The van der Waals surface area contributed by atoms with Gasteiger partial charge in [-0.15, -0.1) is 0 Å². The highest BCUT2D eigenvalue weighted by Crippen LogP contribution is 2.08. The summed E-state index contributed by atoms with van der Waals surface area (Å²) in [5.74, 6) is 0.349. The van der Waals surface area contributed by atoms with Crippen LogP contribution in [-0.2, 0) is 16.1 Å². The molecule has 2 rings (SSSR count). The molecule has 5 nitrogen and oxygen atoms in total. The number of rotatable bonds is 9. The van der Waals surface area contributed by atoms with Crippen LogP contribution in [0.3, 0.4) is 0 Å². The quantitative estimate of drug-likeness (QED) is 0.690. The zero-order chi connectivity index (χ0) is 17.2. The fourth-order valence-corrected chi connectivity index (χ4v) is 2.02. The molecule has 2 N–H and O–H groups in total. The highest BCUT2D eigenvalue weighted by atomic mass is 16.5. The number of benzene rings is 2. The van der Waals surface area contributed by atoms with Crippen LogP contribution in [-0.4, -0.2) is 36.4 Å². The van der Waals surface area contributed by atoms with Crippen LogP contribution in [0.5, 0.6) is 5.75 Å². The van der Waals surface area contributed by atoms with Gasteiger partial charge in [0.25, 0.3) is 0 Å². The van der Waals surface area contributed by atoms with Crippen molar-refractivity contribution >= 4 is 5.97 Å². The number of esters is 1. The molecule has 0 aromatic heterocycles. The maximum atomic E-state index is 11.9. The van der Waals surface area contributed by atoms with Crippen molar-refractivity contribution < 1.29 is 19.4 Å². The van der Waals surface area contributed by atoms with Crippen molar-refractivity contribution in [3.8, 4) is 5.75 Å². The molecule has 0 fully saturated rings. The van der Waals surface area contributed by atoms with Crippen LogP contribution in [0.15, 0.2) is 60.7 Å². The van der Waals surface area contributed by atoms with Gasteiger partial charge in [0.2, 0.25) is 0 Å². The zero-order valence-corrected chi connectivity index (χ0v) is 13.7. The van der Waals surface area contributed by atoms with E-state index in [4.69, 9.17) is 9.47 Å². The monoisotopic (exact) mass is 329 g/mol. The first kappa shape index (κ1) is 18.0. The van der Waals surface area contributed by atoms with Gasteiger partial charge in [0.1, 0.15) is 31.1 Å². The van der Waals surface area contributed by atoms with E-state index in [1.54, 1.807) is 6.92 Å². The first-order valence-corrected chi connectivity index (χ1v) is 7.95. The van der Waals surface area contributed by atoms with Gasteiger partial charge in [-0.25, -0.2) is 0 Å². The minimum absolute atomic E-state index is 0.156. The largest absolute Gasteiger partial charge is 0.491 e. The Hall–Kier alpha value is -2.37. The first-order valence-electron chi connectivity index (χ1n) is 7.95. The number of ether oxygens (including phenoxy) is 2. The predicted octanol–water partition coefficient (Wildman–Crippen LogP) is 2.15. The van der Waals surface area contributed by atoms with Gasteiger partial charge in [0.05, 0.1) is 0 Å². The lowest BCUT2D eigenvalue weighted by molar-refractivity contribution is -0.147. The SMILES string of the molecule is C[C@H](NCC(O)COc1ccccc1)C(=O)OCc1ccccc1. The maximum Gasteiger partial charge on any atom is 0.323 e. The van der Waals surface area contributed by atoms with E-state index in [-0.39, 0.29) is 25.7 Å². The maximum absolute atomic E-state index is 11.9. The molecule has 128 valence electrons. The highest BCUT2D eigenvalue weighted by molar-refractivity contribution is 5.75. The Morgan fingerprint density at radius 1 is 1.08 bits per heavy atom. The molecule has 0 bridgehead atoms. The smallest absolute Gasteiger partial charge is 0.323 e. The van der Waals surface area contributed by atoms with Crippen LogP contribution in [0.2, 0.25) is 0 Å². The van der Waals surface area contributed by atoms with Gasteiger partial charge in [0, 0.05) is 6.54 Å².